The Kier molecular flexibility index (Phi) is 4.26. The number of nitro groups is 1. The number of hydrogen-bond acceptors (Lipinski definition) is 4. The first-order valence-corrected chi connectivity index (χ1v) is 5.45. The van der Waals surface area contributed by atoms with E-state index >= 15 is 0 Å². The largest absolute Gasteiger partial charge is 0.462 e. The van der Waals surface area contributed by atoms with Crippen LogP contribution in [0.4, 0.5) is 5.69 Å². The molecule has 0 aliphatic heterocycles. The van der Waals surface area contributed by atoms with E-state index < -0.39 is 10.9 Å². The molecule has 1 aromatic rings. The summed E-state index contributed by atoms with van der Waals surface area (Å²) in [6.45, 7) is 1.85. The van der Waals surface area contributed by atoms with Crippen LogP contribution in [0.2, 0.25) is 5.02 Å². The topological polar surface area (TPSA) is 69.4 Å². The highest BCUT2D eigenvalue weighted by Gasteiger charge is 2.20. The molecular weight excluding hydrogens is 301 g/mol. The molecule has 0 spiro atoms. The number of nitrogens with zero attached hydrogens (tertiary/aromatic N) is 1. The molecule has 1 rings (SSSR count). The van der Waals surface area contributed by atoms with Gasteiger partial charge in [0.15, 0.2) is 0 Å². The Balaban J connectivity index is 3.24. The van der Waals surface area contributed by atoms with Gasteiger partial charge in [-0.3, -0.25) is 10.1 Å². The Bertz CT molecular complexity index is 449. The number of carbonyl (C=O) groups is 1. The zero-order valence-corrected chi connectivity index (χ0v) is 10.5. The van der Waals surface area contributed by atoms with Gasteiger partial charge in [0.25, 0.3) is 5.69 Å². The summed E-state index contributed by atoms with van der Waals surface area (Å²) in [5.41, 5.74) is -0.246. The van der Waals surface area contributed by atoms with Gasteiger partial charge in [0, 0.05) is 10.5 Å². The number of rotatable bonds is 3. The molecule has 0 saturated carbocycles. The maximum Gasteiger partial charge on any atom is 0.338 e. The standard InChI is InChI=1S/C9H7BrClNO4/c1-2-16-9(13)5-3-6(10)8(11)7(4-5)12(14)15/h3-4H,2H2,1H3. The van der Waals surface area contributed by atoms with Crippen molar-refractivity contribution in [2.45, 2.75) is 6.92 Å². The molecule has 1 aromatic carbocycles. The quantitative estimate of drug-likeness (QED) is 0.488. The van der Waals surface area contributed by atoms with Crippen LogP contribution in [0.1, 0.15) is 17.3 Å². The van der Waals surface area contributed by atoms with E-state index in [4.69, 9.17) is 16.3 Å². The van der Waals surface area contributed by atoms with Crippen molar-refractivity contribution in [2.24, 2.45) is 0 Å². The lowest BCUT2D eigenvalue weighted by Crippen LogP contribution is -2.05. The van der Waals surface area contributed by atoms with Crippen LogP contribution in [-0.2, 0) is 4.74 Å². The second-order valence-corrected chi connectivity index (χ2v) is 4.00. The van der Waals surface area contributed by atoms with Crippen LogP contribution < -0.4 is 0 Å². The lowest BCUT2D eigenvalue weighted by molar-refractivity contribution is -0.384. The molecule has 0 saturated heterocycles. The van der Waals surface area contributed by atoms with Gasteiger partial charge in [0.05, 0.1) is 17.1 Å². The van der Waals surface area contributed by atoms with Crippen molar-refractivity contribution < 1.29 is 14.5 Å². The zero-order chi connectivity index (χ0) is 12.3. The van der Waals surface area contributed by atoms with Crippen molar-refractivity contribution in [3.05, 3.63) is 37.3 Å². The third-order valence-corrected chi connectivity index (χ3v) is 2.97. The molecule has 0 aliphatic rings. The smallest absolute Gasteiger partial charge is 0.338 e. The first kappa shape index (κ1) is 12.9. The molecule has 0 atom stereocenters. The van der Waals surface area contributed by atoms with E-state index in [0.717, 1.165) is 6.07 Å². The Morgan fingerprint density at radius 3 is 2.75 bits per heavy atom. The average molecular weight is 309 g/mol. The fourth-order valence-electron chi connectivity index (χ4n) is 1.04. The molecule has 0 bridgehead atoms. The van der Waals surface area contributed by atoms with Crippen molar-refractivity contribution in [3.8, 4) is 0 Å². The number of halogens is 2. The van der Waals surface area contributed by atoms with E-state index in [0.29, 0.717) is 0 Å². The van der Waals surface area contributed by atoms with Gasteiger partial charge in [-0.2, -0.15) is 0 Å². The summed E-state index contributed by atoms with van der Waals surface area (Å²) in [5, 5.41) is 10.6. The van der Waals surface area contributed by atoms with Gasteiger partial charge in [0.2, 0.25) is 0 Å². The Labute approximate surface area is 105 Å². The van der Waals surface area contributed by atoms with Gasteiger partial charge < -0.3 is 4.74 Å². The highest BCUT2D eigenvalue weighted by atomic mass is 79.9. The predicted octanol–water partition coefficient (Wildman–Crippen LogP) is 3.19. The monoisotopic (exact) mass is 307 g/mol. The summed E-state index contributed by atoms with van der Waals surface area (Å²) in [7, 11) is 0. The van der Waals surface area contributed by atoms with Crippen molar-refractivity contribution in [3.63, 3.8) is 0 Å². The number of carbonyl (C=O) groups excluding carboxylic acids is 1. The minimum Gasteiger partial charge on any atom is -0.462 e. The summed E-state index contributed by atoms with van der Waals surface area (Å²) in [4.78, 5) is 21.4. The zero-order valence-electron chi connectivity index (χ0n) is 8.20. The number of ether oxygens (including phenoxy) is 1. The third kappa shape index (κ3) is 2.70. The fraction of sp³-hybridized carbons (Fsp3) is 0.222. The normalized spacial score (nSPS) is 9.94. The molecular formula is C9H7BrClNO4. The number of nitro benzene ring substituents is 1. The van der Waals surface area contributed by atoms with E-state index in [1.54, 1.807) is 6.92 Å². The molecule has 0 aliphatic carbocycles. The van der Waals surface area contributed by atoms with E-state index in [1.807, 2.05) is 0 Å². The number of hydrogen-bond donors (Lipinski definition) is 0. The van der Waals surface area contributed by atoms with Gasteiger partial charge >= 0.3 is 5.97 Å². The Hall–Kier alpha value is -1.14. The molecule has 16 heavy (non-hydrogen) atoms. The van der Waals surface area contributed by atoms with Crippen molar-refractivity contribution in [1.29, 1.82) is 0 Å². The SMILES string of the molecule is CCOC(=O)c1cc(Br)c(Cl)c([N+](=O)[O-])c1. The summed E-state index contributed by atoms with van der Waals surface area (Å²) in [6, 6.07) is 2.47. The van der Waals surface area contributed by atoms with Gasteiger partial charge in [-0.05, 0) is 28.9 Å². The molecule has 0 N–H and O–H groups in total. The molecule has 0 fully saturated rings. The maximum absolute atomic E-state index is 11.4. The van der Waals surface area contributed by atoms with Crippen LogP contribution in [0.3, 0.4) is 0 Å². The summed E-state index contributed by atoms with van der Waals surface area (Å²) < 4.78 is 5.02. The third-order valence-electron chi connectivity index (χ3n) is 1.72. The van der Waals surface area contributed by atoms with Gasteiger partial charge in [-0.1, -0.05) is 11.6 Å². The first-order valence-electron chi connectivity index (χ1n) is 4.28. The van der Waals surface area contributed by atoms with Crippen LogP contribution in [-0.4, -0.2) is 17.5 Å². The molecule has 0 radical (unpaired) electrons. The Morgan fingerprint density at radius 1 is 1.62 bits per heavy atom. The minimum absolute atomic E-state index is 0.0435. The van der Waals surface area contributed by atoms with Crippen LogP contribution in [0.5, 0.6) is 0 Å². The van der Waals surface area contributed by atoms with E-state index in [2.05, 4.69) is 15.9 Å². The van der Waals surface area contributed by atoms with Gasteiger partial charge in [-0.15, -0.1) is 0 Å². The summed E-state index contributed by atoms with van der Waals surface area (Å²) in [5.74, 6) is -0.622. The van der Waals surface area contributed by atoms with E-state index in [1.165, 1.54) is 6.07 Å². The molecule has 86 valence electrons. The predicted molar refractivity (Wildman–Crippen MR) is 61.8 cm³/mol. The highest BCUT2D eigenvalue weighted by Crippen LogP contribution is 2.33. The molecule has 0 aromatic heterocycles. The fourth-order valence-corrected chi connectivity index (χ4v) is 1.67. The van der Waals surface area contributed by atoms with Crippen molar-refractivity contribution in [1.82, 2.24) is 0 Å². The van der Waals surface area contributed by atoms with Crippen LogP contribution >= 0.6 is 27.5 Å². The second-order valence-electron chi connectivity index (χ2n) is 2.77. The minimum atomic E-state index is -0.657. The van der Waals surface area contributed by atoms with Crippen LogP contribution in [0.25, 0.3) is 0 Å². The van der Waals surface area contributed by atoms with Crippen LogP contribution in [0, 0.1) is 10.1 Å². The summed E-state index contributed by atoms with van der Waals surface area (Å²) in [6.07, 6.45) is 0. The van der Waals surface area contributed by atoms with Crippen LogP contribution in [0.15, 0.2) is 16.6 Å². The average Bonchev–Trinajstić information content (AvgIpc) is 2.21. The second kappa shape index (κ2) is 5.27. The lowest BCUT2D eigenvalue weighted by Gasteiger charge is -2.04. The van der Waals surface area contributed by atoms with E-state index in [-0.39, 0.29) is 27.4 Å². The van der Waals surface area contributed by atoms with Gasteiger partial charge in [0.1, 0.15) is 5.02 Å². The van der Waals surface area contributed by atoms with E-state index in [9.17, 15) is 14.9 Å². The number of esters is 1. The number of benzene rings is 1. The molecule has 0 unspecified atom stereocenters. The summed E-state index contributed by atoms with van der Waals surface area (Å²) >= 11 is 8.74. The molecule has 0 heterocycles. The highest BCUT2D eigenvalue weighted by molar-refractivity contribution is 9.10. The first-order chi connectivity index (χ1) is 7.47. The Morgan fingerprint density at radius 2 is 2.25 bits per heavy atom. The lowest BCUT2D eigenvalue weighted by atomic mass is 10.2. The molecule has 5 nitrogen and oxygen atoms in total. The molecule has 0 amide bonds. The van der Waals surface area contributed by atoms with Gasteiger partial charge in [-0.25, -0.2) is 4.79 Å². The maximum atomic E-state index is 11.4. The molecule has 7 heteroatoms. The van der Waals surface area contributed by atoms with Crippen molar-refractivity contribution >= 4 is 39.2 Å². The van der Waals surface area contributed by atoms with Crippen molar-refractivity contribution in [2.75, 3.05) is 6.61 Å².